The van der Waals surface area contributed by atoms with E-state index in [9.17, 15) is 13.9 Å². The van der Waals surface area contributed by atoms with Crippen LogP contribution >= 0.6 is 0 Å². The minimum atomic E-state index is -0.574. The van der Waals surface area contributed by atoms with E-state index in [1.165, 1.54) is 12.1 Å². The third-order valence-electron chi connectivity index (χ3n) is 3.48. The van der Waals surface area contributed by atoms with Gasteiger partial charge in [0.1, 0.15) is 17.3 Å². The standard InChI is InChI=1S/C17H19F2NO/c1-11-3-10-15(18)17(16(11)19)20-12(2)4-5-13-6-8-14(21)9-7-13/h3,6-10,12,20-21H,4-5H2,1-2H3. The first-order valence-electron chi connectivity index (χ1n) is 6.96. The molecule has 1 atom stereocenters. The second-order valence-electron chi connectivity index (χ2n) is 5.30. The van der Waals surface area contributed by atoms with Crippen LogP contribution in [0.25, 0.3) is 0 Å². The molecule has 0 aliphatic carbocycles. The highest BCUT2D eigenvalue weighted by Crippen LogP contribution is 2.23. The van der Waals surface area contributed by atoms with Crippen LogP contribution in [0.4, 0.5) is 14.5 Å². The molecule has 112 valence electrons. The zero-order valence-electron chi connectivity index (χ0n) is 12.2. The molecule has 0 saturated heterocycles. The lowest BCUT2D eigenvalue weighted by Gasteiger charge is -2.17. The third kappa shape index (κ3) is 3.94. The van der Waals surface area contributed by atoms with Gasteiger partial charge in [-0.15, -0.1) is 0 Å². The van der Waals surface area contributed by atoms with E-state index in [0.29, 0.717) is 5.56 Å². The molecule has 2 aromatic carbocycles. The Morgan fingerprint density at radius 3 is 2.43 bits per heavy atom. The van der Waals surface area contributed by atoms with Crippen molar-refractivity contribution in [3.63, 3.8) is 0 Å². The third-order valence-corrected chi connectivity index (χ3v) is 3.48. The Morgan fingerprint density at radius 1 is 1.10 bits per heavy atom. The van der Waals surface area contributed by atoms with E-state index in [2.05, 4.69) is 5.32 Å². The van der Waals surface area contributed by atoms with Crippen molar-refractivity contribution in [3.8, 4) is 5.75 Å². The Morgan fingerprint density at radius 2 is 1.76 bits per heavy atom. The molecule has 0 bridgehead atoms. The van der Waals surface area contributed by atoms with Crippen LogP contribution in [0.15, 0.2) is 36.4 Å². The Hall–Kier alpha value is -2.10. The number of nitrogens with one attached hydrogen (secondary N) is 1. The predicted molar refractivity (Wildman–Crippen MR) is 80.6 cm³/mol. The van der Waals surface area contributed by atoms with Crippen LogP contribution in [0.5, 0.6) is 5.75 Å². The summed E-state index contributed by atoms with van der Waals surface area (Å²) in [4.78, 5) is 0. The summed E-state index contributed by atoms with van der Waals surface area (Å²) in [5.41, 5.74) is 1.43. The van der Waals surface area contributed by atoms with Gasteiger partial charge in [0.15, 0.2) is 5.82 Å². The summed E-state index contributed by atoms with van der Waals surface area (Å²) >= 11 is 0. The normalized spacial score (nSPS) is 12.2. The van der Waals surface area contributed by atoms with Crippen molar-refractivity contribution in [1.82, 2.24) is 0 Å². The van der Waals surface area contributed by atoms with Crippen molar-refractivity contribution in [2.75, 3.05) is 5.32 Å². The molecular formula is C17H19F2NO. The lowest BCUT2D eigenvalue weighted by molar-refractivity contribution is 0.475. The zero-order valence-corrected chi connectivity index (χ0v) is 12.2. The average molecular weight is 291 g/mol. The molecule has 0 radical (unpaired) electrons. The fraction of sp³-hybridized carbons (Fsp3) is 0.294. The molecule has 2 nitrogen and oxygen atoms in total. The lowest BCUT2D eigenvalue weighted by atomic mass is 10.1. The molecule has 0 aliphatic rings. The number of rotatable bonds is 5. The largest absolute Gasteiger partial charge is 0.508 e. The highest BCUT2D eigenvalue weighted by atomic mass is 19.1. The number of benzene rings is 2. The van der Waals surface area contributed by atoms with Crippen LogP contribution in [0.3, 0.4) is 0 Å². The van der Waals surface area contributed by atoms with Gasteiger partial charge in [-0.3, -0.25) is 0 Å². The van der Waals surface area contributed by atoms with Gasteiger partial charge in [-0.25, -0.2) is 8.78 Å². The van der Waals surface area contributed by atoms with Crippen molar-refractivity contribution >= 4 is 5.69 Å². The highest BCUT2D eigenvalue weighted by molar-refractivity contribution is 5.49. The molecule has 2 aromatic rings. The summed E-state index contributed by atoms with van der Waals surface area (Å²) in [5.74, 6) is -0.880. The molecule has 21 heavy (non-hydrogen) atoms. The predicted octanol–water partition coefficient (Wildman–Crippen LogP) is 4.41. The Bertz CT molecular complexity index is 611. The van der Waals surface area contributed by atoms with E-state index in [1.54, 1.807) is 19.1 Å². The first-order chi connectivity index (χ1) is 9.97. The zero-order chi connectivity index (χ0) is 15.4. The topological polar surface area (TPSA) is 32.3 Å². The molecule has 0 amide bonds. The van der Waals surface area contributed by atoms with Crippen molar-refractivity contribution in [2.24, 2.45) is 0 Å². The number of aromatic hydroxyl groups is 1. The maximum atomic E-state index is 13.9. The van der Waals surface area contributed by atoms with E-state index in [0.717, 1.165) is 18.4 Å². The number of hydrogen-bond acceptors (Lipinski definition) is 2. The summed E-state index contributed by atoms with van der Waals surface area (Å²) in [6.45, 7) is 3.50. The highest BCUT2D eigenvalue weighted by Gasteiger charge is 2.13. The molecule has 2 N–H and O–H groups in total. The minimum Gasteiger partial charge on any atom is -0.508 e. The molecule has 0 aromatic heterocycles. The van der Waals surface area contributed by atoms with Gasteiger partial charge in [0.05, 0.1) is 0 Å². The van der Waals surface area contributed by atoms with Gasteiger partial charge in [-0.2, -0.15) is 0 Å². The number of phenols is 1. The van der Waals surface area contributed by atoms with Crippen molar-refractivity contribution < 1.29 is 13.9 Å². The van der Waals surface area contributed by atoms with Crippen LogP contribution in [0.1, 0.15) is 24.5 Å². The average Bonchev–Trinajstić information content (AvgIpc) is 2.47. The molecule has 2 rings (SSSR count). The van der Waals surface area contributed by atoms with E-state index in [1.807, 2.05) is 19.1 Å². The van der Waals surface area contributed by atoms with Crippen LogP contribution in [-0.4, -0.2) is 11.1 Å². The SMILES string of the molecule is Cc1ccc(F)c(NC(C)CCc2ccc(O)cc2)c1F. The lowest BCUT2D eigenvalue weighted by Crippen LogP contribution is -2.18. The fourth-order valence-corrected chi connectivity index (χ4v) is 2.15. The second-order valence-corrected chi connectivity index (χ2v) is 5.30. The van der Waals surface area contributed by atoms with E-state index < -0.39 is 11.6 Å². The van der Waals surface area contributed by atoms with E-state index in [-0.39, 0.29) is 17.5 Å². The molecule has 0 heterocycles. The smallest absolute Gasteiger partial charge is 0.152 e. The maximum absolute atomic E-state index is 13.9. The summed E-state index contributed by atoms with van der Waals surface area (Å²) in [6.07, 6.45) is 1.50. The molecule has 0 fully saturated rings. The Kier molecular flexibility index (Phi) is 4.78. The molecular weight excluding hydrogens is 272 g/mol. The first-order valence-corrected chi connectivity index (χ1v) is 6.96. The van der Waals surface area contributed by atoms with Crippen LogP contribution in [-0.2, 0) is 6.42 Å². The fourth-order valence-electron chi connectivity index (χ4n) is 2.15. The Labute approximate surface area is 123 Å². The van der Waals surface area contributed by atoms with Gasteiger partial charge >= 0.3 is 0 Å². The van der Waals surface area contributed by atoms with Crippen molar-refractivity contribution in [2.45, 2.75) is 32.7 Å². The Balaban J connectivity index is 1.97. The van der Waals surface area contributed by atoms with Gasteiger partial charge in [0, 0.05) is 6.04 Å². The van der Waals surface area contributed by atoms with Crippen molar-refractivity contribution in [1.29, 1.82) is 0 Å². The van der Waals surface area contributed by atoms with E-state index >= 15 is 0 Å². The summed E-state index contributed by atoms with van der Waals surface area (Å²) in [5, 5.41) is 12.1. The maximum Gasteiger partial charge on any atom is 0.152 e. The van der Waals surface area contributed by atoms with E-state index in [4.69, 9.17) is 0 Å². The number of halogens is 2. The first kappa shape index (κ1) is 15.3. The monoisotopic (exact) mass is 291 g/mol. The van der Waals surface area contributed by atoms with Crippen LogP contribution in [0, 0.1) is 18.6 Å². The summed E-state index contributed by atoms with van der Waals surface area (Å²) in [6, 6.07) is 9.58. The van der Waals surface area contributed by atoms with Gasteiger partial charge in [0.25, 0.3) is 0 Å². The van der Waals surface area contributed by atoms with Gasteiger partial charge in [-0.05, 0) is 56.0 Å². The minimum absolute atomic E-state index is 0.0618. The summed E-state index contributed by atoms with van der Waals surface area (Å²) < 4.78 is 27.6. The number of anilines is 1. The van der Waals surface area contributed by atoms with Crippen molar-refractivity contribution in [3.05, 3.63) is 59.2 Å². The molecule has 0 spiro atoms. The van der Waals surface area contributed by atoms with Gasteiger partial charge in [-0.1, -0.05) is 18.2 Å². The summed E-state index contributed by atoms with van der Waals surface area (Å²) in [7, 11) is 0. The number of aryl methyl sites for hydroxylation is 2. The van der Waals surface area contributed by atoms with Gasteiger partial charge in [0.2, 0.25) is 0 Å². The number of hydrogen-bond donors (Lipinski definition) is 2. The molecule has 0 saturated carbocycles. The molecule has 1 unspecified atom stereocenters. The van der Waals surface area contributed by atoms with Crippen LogP contribution < -0.4 is 5.32 Å². The quantitative estimate of drug-likeness (QED) is 0.855. The van der Waals surface area contributed by atoms with Crippen LogP contribution in [0.2, 0.25) is 0 Å². The van der Waals surface area contributed by atoms with Gasteiger partial charge < -0.3 is 10.4 Å². The molecule has 0 aliphatic heterocycles. The second kappa shape index (κ2) is 6.57. The molecule has 4 heteroatoms. The number of phenolic OH excluding ortho intramolecular Hbond substituents is 1.